The van der Waals surface area contributed by atoms with E-state index in [0.29, 0.717) is 12.2 Å². The van der Waals surface area contributed by atoms with Gasteiger partial charge in [-0.1, -0.05) is 6.08 Å². The SMILES string of the molecule is CC(C)(C)OC(=O)N1\C=C/C=C2/COC(=O)/C2=C/C1. The van der Waals surface area contributed by atoms with Crippen molar-refractivity contribution in [2.75, 3.05) is 13.2 Å². The normalized spacial score (nSPS) is 26.1. The number of allylic oxidation sites excluding steroid dienone is 2. The number of rotatable bonds is 0. The van der Waals surface area contributed by atoms with E-state index < -0.39 is 11.7 Å². The van der Waals surface area contributed by atoms with Crippen LogP contribution < -0.4 is 0 Å². The molecule has 0 saturated carbocycles. The Morgan fingerprint density at radius 2 is 2.16 bits per heavy atom. The van der Waals surface area contributed by atoms with Gasteiger partial charge in [-0.15, -0.1) is 0 Å². The van der Waals surface area contributed by atoms with Crippen LogP contribution >= 0.6 is 0 Å². The fourth-order valence-corrected chi connectivity index (χ4v) is 1.75. The first kappa shape index (κ1) is 13.4. The number of cyclic esters (lactones) is 1. The molecule has 0 N–H and O–H groups in total. The van der Waals surface area contributed by atoms with E-state index in [9.17, 15) is 9.59 Å². The van der Waals surface area contributed by atoms with Crippen molar-refractivity contribution in [2.45, 2.75) is 26.4 Å². The van der Waals surface area contributed by atoms with E-state index >= 15 is 0 Å². The van der Waals surface area contributed by atoms with Crippen LogP contribution in [0.5, 0.6) is 0 Å². The highest BCUT2D eigenvalue weighted by molar-refractivity contribution is 5.96. The highest BCUT2D eigenvalue weighted by Gasteiger charge is 2.26. The molecule has 0 aliphatic carbocycles. The molecular weight excluding hydrogens is 246 g/mol. The zero-order valence-electron chi connectivity index (χ0n) is 11.3. The number of carbonyl (C=O) groups is 2. The molecule has 5 heteroatoms. The summed E-state index contributed by atoms with van der Waals surface area (Å²) in [5, 5.41) is 0. The lowest BCUT2D eigenvalue weighted by molar-refractivity contribution is -0.135. The van der Waals surface area contributed by atoms with E-state index in [4.69, 9.17) is 9.47 Å². The van der Waals surface area contributed by atoms with Crippen LogP contribution in [-0.4, -0.2) is 35.7 Å². The second-order valence-corrected chi connectivity index (χ2v) is 5.36. The van der Waals surface area contributed by atoms with Crippen molar-refractivity contribution in [3.63, 3.8) is 0 Å². The molecule has 102 valence electrons. The lowest BCUT2D eigenvalue weighted by Crippen LogP contribution is -2.34. The molecule has 2 aliphatic rings. The van der Waals surface area contributed by atoms with Crippen LogP contribution in [0.3, 0.4) is 0 Å². The topological polar surface area (TPSA) is 55.8 Å². The van der Waals surface area contributed by atoms with Crippen LogP contribution in [0, 0.1) is 0 Å². The Bertz CT molecular complexity index is 494. The summed E-state index contributed by atoms with van der Waals surface area (Å²) in [6, 6.07) is 0. The van der Waals surface area contributed by atoms with Crippen molar-refractivity contribution < 1.29 is 19.1 Å². The zero-order valence-corrected chi connectivity index (χ0v) is 11.3. The molecule has 1 fully saturated rings. The Morgan fingerprint density at radius 1 is 1.42 bits per heavy atom. The summed E-state index contributed by atoms with van der Waals surface area (Å²) in [5.74, 6) is -0.342. The van der Waals surface area contributed by atoms with Gasteiger partial charge >= 0.3 is 12.1 Å². The quantitative estimate of drug-likeness (QED) is 0.628. The first-order valence-corrected chi connectivity index (χ1v) is 6.11. The number of fused-ring (bicyclic) bond motifs is 1. The summed E-state index contributed by atoms with van der Waals surface area (Å²) < 4.78 is 10.2. The number of nitrogens with zero attached hydrogens (tertiary/aromatic N) is 1. The van der Waals surface area contributed by atoms with Crippen molar-refractivity contribution in [2.24, 2.45) is 0 Å². The van der Waals surface area contributed by atoms with Crippen molar-refractivity contribution in [3.05, 3.63) is 35.6 Å². The minimum absolute atomic E-state index is 0.285. The first-order chi connectivity index (χ1) is 8.87. The largest absolute Gasteiger partial charge is 0.457 e. The second-order valence-electron chi connectivity index (χ2n) is 5.36. The van der Waals surface area contributed by atoms with Gasteiger partial charge in [0.1, 0.15) is 12.2 Å². The van der Waals surface area contributed by atoms with Crippen LogP contribution in [0.4, 0.5) is 4.79 Å². The van der Waals surface area contributed by atoms with E-state index in [2.05, 4.69) is 0 Å². The predicted octanol–water partition coefficient (Wildman–Crippen LogP) is 2.16. The lowest BCUT2D eigenvalue weighted by atomic mass is 10.1. The highest BCUT2D eigenvalue weighted by atomic mass is 16.6. The van der Waals surface area contributed by atoms with Crippen molar-refractivity contribution in [3.8, 4) is 0 Å². The number of hydrogen-bond acceptors (Lipinski definition) is 4. The molecule has 2 aliphatic heterocycles. The Labute approximate surface area is 112 Å². The molecule has 0 aromatic rings. The number of ether oxygens (including phenoxy) is 2. The summed E-state index contributed by atoms with van der Waals surface area (Å²) in [5.41, 5.74) is 0.816. The molecule has 0 unspecified atom stereocenters. The summed E-state index contributed by atoms with van der Waals surface area (Å²) in [6.45, 7) is 6.00. The van der Waals surface area contributed by atoms with Gasteiger partial charge in [0.25, 0.3) is 0 Å². The second kappa shape index (κ2) is 4.91. The maximum absolute atomic E-state index is 11.9. The van der Waals surface area contributed by atoms with Gasteiger partial charge in [-0.05, 0) is 32.9 Å². The minimum Gasteiger partial charge on any atom is -0.457 e. The molecule has 0 aromatic carbocycles. The summed E-state index contributed by atoms with van der Waals surface area (Å²) in [4.78, 5) is 24.8. The summed E-state index contributed by atoms with van der Waals surface area (Å²) in [6.07, 6.45) is 6.37. The Balaban J connectivity index is 2.15. The van der Waals surface area contributed by atoms with Gasteiger partial charge in [0.05, 0.1) is 5.57 Å². The van der Waals surface area contributed by atoms with Gasteiger partial charge < -0.3 is 9.47 Å². The van der Waals surface area contributed by atoms with Gasteiger partial charge in [-0.2, -0.15) is 0 Å². The third-order valence-corrected chi connectivity index (χ3v) is 2.61. The molecule has 0 bridgehead atoms. The molecule has 1 saturated heterocycles. The van der Waals surface area contributed by atoms with Crippen LogP contribution in [0.1, 0.15) is 20.8 Å². The summed E-state index contributed by atoms with van der Waals surface area (Å²) >= 11 is 0. The Morgan fingerprint density at radius 3 is 2.84 bits per heavy atom. The fraction of sp³-hybridized carbons (Fsp3) is 0.429. The Kier molecular flexibility index (Phi) is 3.46. The molecule has 2 rings (SSSR count). The van der Waals surface area contributed by atoms with Crippen molar-refractivity contribution >= 4 is 12.1 Å². The van der Waals surface area contributed by atoms with Crippen molar-refractivity contribution in [1.82, 2.24) is 4.90 Å². The molecule has 0 aromatic heterocycles. The van der Waals surface area contributed by atoms with Crippen LogP contribution in [0.15, 0.2) is 35.6 Å². The van der Waals surface area contributed by atoms with Gasteiger partial charge in [0, 0.05) is 18.3 Å². The van der Waals surface area contributed by atoms with E-state index in [1.54, 1.807) is 24.4 Å². The molecule has 19 heavy (non-hydrogen) atoms. The molecule has 1 amide bonds. The smallest absolute Gasteiger partial charge is 0.414 e. The molecule has 5 nitrogen and oxygen atoms in total. The third kappa shape index (κ3) is 3.24. The highest BCUT2D eigenvalue weighted by Crippen LogP contribution is 2.22. The van der Waals surface area contributed by atoms with Gasteiger partial charge in [-0.25, -0.2) is 9.59 Å². The molecule has 0 spiro atoms. The number of carbonyl (C=O) groups excluding carboxylic acids is 2. The zero-order chi connectivity index (χ0) is 14.0. The van der Waals surface area contributed by atoms with E-state index in [-0.39, 0.29) is 12.5 Å². The van der Waals surface area contributed by atoms with Gasteiger partial charge in [0.15, 0.2) is 0 Å². The van der Waals surface area contributed by atoms with Crippen LogP contribution in [-0.2, 0) is 14.3 Å². The maximum Gasteiger partial charge on any atom is 0.414 e. The average molecular weight is 263 g/mol. The fourth-order valence-electron chi connectivity index (χ4n) is 1.75. The van der Waals surface area contributed by atoms with Crippen LogP contribution in [0.25, 0.3) is 0 Å². The van der Waals surface area contributed by atoms with Crippen molar-refractivity contribution in [1.29, 1.82) is 0 Å². The third-order valence-electron chi connectivity index (χ3n) is 2.61. The standard InChI is InChI=1S/C14H17NO4/c1-14(2,3)19-13(17)15-7-4-5-10-9-18-12(16)11(10)6-8-15/h4-7H,8-9H2,1-3H3/b7-4-,10-5-,11-6+. The minimum atomic E-state index is -0.548. The van der Waals surface area contributed by atoms with E-state index in [1.165, 1.54) is 4.90 Å². The average Bonchev–Trinajstić information content (AvgIpc) is 2.56. The van der Waals surface area contributed by atoms with Gasteiger partial charge in [-0.3, -0.25) is 4.90 Å². The molecular formula is C14H17NO4. The molecule has 0 atom stereocenters. The molecule has 2 heterocycles. The van der Waals surface area contributed by atoms with E-state index in [0.717, 1.165) is 5.57 Å². The number of hydrogen-bond donors (Lipinski definition) is 0. The predicted molar refractivity (Wildman–Crippen MR) is 69.2 cm³/mol. The monoisotopic (exact) mass is 263 g/mol. The lowest BCUT2D eigenvalue weighted by Gasteiger charge is -2.24. The first-order valence-electron chi connectivity index (χ1n) is 6.11. The summed E-state index contributed by atoms with van der Waals surface area (Å²) in [7, 11) is 0. The Hall–Kier alpha value is -2.04. The van der Waals surface area contributed by atoms with E-state index in [1.807, 2.05) is 20.8 Å². The van der Waals surface area contributed by atoms with Gasteiger partial charge in [0.2, 0.25) is 0 Å². The maximum atomic E-state index is 11.9. The number of esters is 1. The van der Waals surface area contributed by atoms with Crippen LogP contribution in [0.2, 0.25) is 0 Å². The number of amides is 1. The molecule has 0 radical (unpaired) electrons.